The molecular weight excluding hydrogens is 256 g/mol. The fourth-order valence-electron chi connectivity index (χ4n) is 2.13. The number of anilines is 1. The molecule has 0 saturated heterocycles. The summed E-state index contributed by atoms with van der Waals surface area (Å²) in [7, 11) is 1.64. The van der Waals surface area contributed by atoms with Crippen LogP contribution in [0.1, 0.15) is 5.56 Å². The molecule has 102 valence electrons. The molecule has 0 fully saturated rings. The van der Waals surface area contributed by atoms with Crippen molar-refractivity contribution in [2.24, 2.45) is 0 Å². The molecule has 0 amide bonds. The number of ether oxygens (including phenoxy) is 1. The van der Waals surface area contributed by atoms with E-state index in [1.807, 2.05) is 25.1 Å². The van der Waals surface area contributed by atoms with Gasteiger partial charge in [0.25, 0.3) is 0 Å². The Morgan fingerprint density at radius 2 is 2.15 bits per heavy atom. The second-order valence-corrected chi connectivity index (χ2v) is 4.44. The van der Waals surface area contributed by atoms with Crippen molar-refractivity contribution in [1.82, 2.24) is 15.4 Å². The molecule has 6 heteroatoms. The number of benzene rings is 1. The molecule has 1 aromatic carbocycles. The third-order valence-electron chi connectivity index (χ3n) is 3.19. The minimum Gasteiger partial charge on any atom is -0.496 e. The second kappa shape index (κ2) is 4.73. The summed E-state index contributed by atoms with van der Waals surface area (Å²) < 4.78 is 10.5. The van der Waals surface area contributed by atoms with E-state index in [0.29, 0.717) is 5.69 Å². The zero-order valence-electron chi connectivity index (χ0n) is 11.2. The number of nitrogen functional groups attached to an aromatic ring is 1. The van der Waals surface area contributed by atoms with Gasteiger partial charge in [-0.15, -0.1) is 0 Å². The Kier molecular flexibility index (Phi) is 2.90. The van der Waals surface area contributed by atoms with Gasteiger partial charge in [0.2, 0.25) is 5.88 Å². The zero-order valence-corrected chi connectivity index (χ0v) is 11.2. The molecule has 0 aliphatic carbocycles. The molecule has 0 unspecified atom stereocenters. The largest absolute Gasteiger partial charge is 0.496 e. The summed E-state index contributed by atoms with van der Waals surface area (Å²) in [6.07, 6.45) is 3.42. The minimum atomic E-state index is 0.270. The molecule has 2 heterocycles. The number of aromatic nitrogens is 3. The van der Waals surface area contributed by atoms with Gasteiger partial charge in [0.1, 0.15) is 11.4 Å². The lowest BCUT2D eigenvalue weighted by molar-refractivity contribution is 0.412. The number of methoxy groups -OCH3 is 1. The molecule has 0 spiro atoms. The maximum Gasteiger partial charge on any atom is 0.230 e. The van der Waals surface area contributed by atoms with Gasteiger partial charge < -0.3 is 15.0 Å². The topological polar surface area (TPSA) is 90.0 Å². The van der Waals surface area contributed by atoms with E-state index in [1.54, 1.807) is 19.5 Å². The zero-order chi connectivity index (χ0) is 14.1. The summed E-state index contributed by atoms with van der Waals surface area (Å²) in [5.41, 5.74) is 10.1. The lowest BCUT2D eigenvalue weighted by Gasteiger charge is -2.07. The summed E-state index contributed by atoms with van der Waals surface area (Å²) in [5, 5.41) is 10.7. The normalized spacial score (nSPS) is 10.7. The summed E-state index contributed by atoms with van der Waals surface area (Å²) >= 11 is 0. The lowest BCUT2D eigenvalue weighted by Crippen LogP contribution is -1.91. The van der Waals surface area contributed by atoms with Crippen LogP contribution >= 0.6 is 0 Å². The smallest absolute Gasteiger partial charge is 0.230 e. The van der Waals surface area contributed by atoms with Crippen LogP contribution in [0.15, 0.2) is 35.1 Å². The van der Waals surface area contributed by atoms with Crippen molar-refractivity contribution < 1.29 is 9.26 Å². The summed E-state index contributed by atoms with van der Waals surface area (Å²) in [5.74, 6) is 1.06. The van der Waals surface area contributed by atoms with Gasteiger partial charge in [0, 0.05) is 11.8 Å². The Balaban J connectivity index is 2.17. The van der Waals surface area contributed by atoms with Crippen LogP contribution in [-0.4, -0.2) is 22.5 Å². The van der Waals surface area contributed by atoms with E-state index in [4.69, 9.17) is 15.0 Å². The van der Waals surface area contributed by atoms with Crippen molar-refractivity contribution >= 4 is 5.88 Å². The molecule has 0 aliphatic heterocycles. The Hall–Kier alpha value is -2.76. The average molecular weight is 270 g/mol. The van der Waals surface area contributed by atoms with Crippen LogP contribution in [0.3, 0.4) is 0 Å². The number of hydrogen-bond donors (Lipinski definition) is 2. The Labute approximate surface area is 115 Å². The molecule has 6 nitrogen and oxygen atoms in total. The van der Waals surface area contributed by atoms with Crippen molar-refractivity contribution in [1.29, 1.82) is 0 Å². The molecule has 0 radical (unpaired) electrons. The first-order chi connectivity index (χ1) is 9.70. The van der Waals surface area contributed by atoms with Crippen molar-refractivity contribution in [2.75, 3.05) is 12.8 Å². The van der Waals surface area contributed by atoms with Gasteiger partial charge >= 0.3 is 0 Å². The van der Waals surface area contributed by atoms with Crippen molar-refractivity contribution in [3.8, 4) is 28.1 Å². The number of aryl methyl sites for hydroxylation is 1. The quantitative estimate of drug-likeness (QED) is 0.763. The number of hydrogen-bond acceptors (Lipinski definition) is 5. The SMILES string of the molecule is COc1cc(-c2c(-c3cn[nH]c3)noc2N)ccc1C. The van der Waals surface area contributed by atoms with Crippen LogP contribution in [0.5, 0.6) is 5.75 Å². The van der Waals surface area contributed by atoms with E-state index in [0.717, 1.165) is 28.0 Å². The molecule has 3 aromatic rings. The van der Waals surface area contributed by atoms with Gasteiger partial charge in [-0.1, -0.05) is 17.3 Å². The Morgan fingerprint density at radius 3 is 2.85 bits per heavy atom. The van der Waals surface area contributed by atoms with Crippen LogP contribution < -0.4 is 10.5 Å². The van der Waals surface area contributed by atoms with Gasteiger partial charge in [0.15, 0.2) is 0 Å². The Morgan fingerprint density at radius 1 is 1.30 bits per heavy atom. The van der Waals surface area contributed by atoms with Crippen LogP contribution in [0.4, 0.5) is 5.88 Å². The summed E-state index contributed by atoms with van der Waals surface area (Å²) in [6.45, 7) is 1.98. The summed E-state index contributed by atoms with van der Waals surface area (Å²) in [4.78, 5) is 0. The van der Waals surface area contributed by atoms with Crippen molar-refractivity contribution in [3.63, 3.8) is 0 Å². The molecular formula is C14H14N4O2. The lowest BCUT2D eigenvalue weighted by atomic mass is 10.0. The molecule has 0 atom stereocenters. The first-order valence-corrected chi connectivity index (χ1v) is 6.10. The third-order valence-corrected chi connectivity index (χ3v) is 3.19. The fraction of sp³-hybridized carbons (Fsp3) is 0.143. The van der Waals surface area contributed by atoms with Crippen LogP contribution in [0.25, 0.3) is 22.4 Å². The average Bonchev–Trinajstić information content (AvgIpc) is 3.08. The third kappa shape index (κ3) is 1.91. The number of nitrogens with zero attached hydrogens (tertiary/aromatic N) is 2. The highest BCUT2D eigenvalue weighted by molar-refractivity contribution is 5.87. The first-order valence-electron chi connectivity index (χ1n) is 6.10. The standard InChI is InChI=1S/C14H14N4O2/c1-8-3-4-9(5-11(8)19-2)12-13(18-20-14(12)15)10-6-16-17-7-10/h3-7H,15H2,1-2H3,(H,16,17). The van der Waals surface area contributed by atoms with Crippen molar-refractivity contribution in [3.05, 3.63) is 36.2 Å². The molecule has 0 bridgehead atoms. The number of nitrogens with one attached hydrogen (secondary N) is 1. The molecule has 0 saturated carbocycles. The van der Waals surface area contributed by atoms with E-state index in [-0.39, 0.29) is 5.88 Å². The van der Waals surface area contributed by atoms with Gasteiger partial charge in [-0.25, -0.2) is 0 Å². The van der Waals surface area contributed by atoms with Gasteiger partial charge in [-0.3, -0.25) is 5.10 Å². The molecule has 3 N–H and O–H groups in total. The second-order valence-electron chi connectivity index (χ2n) is 4.44. The monoisotopic (exact) mass is 270 g/mol. The van der Waals surface area contributed by atoms with Crippen molar-refractivity contribution in [2.45, 2.75) is 6.92 Å². The van der Waals surface area contributed by atoms with Gasteiger partial charge in [-0.05, 0) is 24.1 Å². The number of aromatic amines is 1. The van der Waals surface area contributed by atoms with E-state index < -0.39 is 0 Å². The molecule has 2 aromatic heterocycles. The fourth-order valence-corrected chi connectivity index (χ4v) is 2.13. The minimum absolute atomic E-state index is 0.270. The maximum absolute atomic E-state index is 5.91. The number of H-pyrrole nitrogens is 1. The Bertz CT molecular complexity index is 732. The maximum atomic E-state index is 5.91. The van der Waals surface area contributed by atoms with E-state index in [2.05, 4.69) is 15.4 Å². The predicted octanol–water partition coefficient (Wildman–Crippen LogP) is 2.63. The molecule has 3 rings (SSSR count). The number of nitrogens with two attached hydrogens (primary N) is 1. The highest BCUT2D eigenvalue weighted by Gasteiger charge is 2.18. The van der Waals surface area contributed by atoms with Gasteiger partial charge in [0.05, 0.1) is 18.9 Å². The van der Waals surface area contributed by atoms with E-state index in [1.165, 1.54) is 0 Å². The van der Waals surface area contributed by atoms with Crippen LogP contribution in [0.2, 0.25) is 0 Å². The van der Waals surface area contributed by atoms with Crippen LogP contribution in [0, 0.1) is 6.92 Å². The van der Waals surface area contributed by atoms with Gasteiger partial charge in [-0.2, -0.15) is 5.10 Å². The van der Waals surface area contributed by atoms with Crippen LogP contribution in [-0.2, 0) is 0 Å². The summed E-state index contributed by atoms with van der Waals surface area (Å²) in [6, 6.07) is 5.85. The molecule has 0 aliphatic rings. The predicted molar refractivity (Wildman–Crippen MR) is 75.2 cm³/mol. The molecule has 20 heavy (non-hydrogen) atoms. The van der Waals surface area contributed by atoms with E-state index in [9.17, 15) is 0 Å². The first kappa shape index (κ1) is 12.3. The highest BCUT2D eigenvalue weighted by atomic mass is 16.5. The highest BCUT2D eigenvalue weighted by Crippen LogP contribution is 2.37. The van der Waals surface area contributed by atoms with E-state index >= 15 is 0 Å². The number of rotatable bonds is 3.